The Morgan fingerprint density at radius 3 is 2.48 bits per heavy atom. The first-order valence-corrected chi connectivity index (χ1v) is 13.3. The van der Waals surface area contributed by atoms with Crippen LogP contribution in [-0.2, 0) is 6.42 Å². The van der Waals surface area contributed by atoms with Gasteiger partial charge in [-0.05, 0) is 61.4 Å². The zero-order valence-electron chi connectivity index (χ0n) is 22.3. The molecule has 0 radical (unpaired) electrons. The van der Waals surface area contributed by atoms with Gasteiger partial charge in [-0.2, -0.15) is 0 Å². The third-order valence-electron chi connectivity index (χ3n) is 6.57. The standard InChI is InChI=1S/C29H31ClF3N5O2/c1-4-21(36-15-17-37(18-16-36)22-10-12-23(13-11-22)40-29(31,32)33)9-8-20(3)19-34-28(39)26-25(5-2)35-27-24(30)7-6-14-38(26)27/h4,6-14H,3,5,15-19H2,1-2H3,(H,34,39)/b9-8-,21-4+. The second-order valence-corrected chi connectivity index (χ2v) is 9.62. The number of fused-ring (bicyclic) bond motifs is 1. The van der Waals surface area contributed by atoms with Gasteiger partial charge in [0.15, 0.2) is 5.65 Å². The van der Waals surface area contributed by atoms with Crippen LogP contribution in [0.25, 0.3) is 5.65 Å². The molecule has 3 aromatic rings. The summed E-state index contributed by atoms with van der Waals surface area (Å²) in [6.45, 7) is 11.2. The Labute approximate surface area is 236 Å². The fourth-order valence-electron chi connectivity index (χ4n) is 4.57. The van der Waals surface area contributed by atoms with E-state index in [9.17, 15) is 18.0 Å². The van der Waals surface area contributed by atoms with Crippen molar-refractivity contribution in [1.82, 2.24) is 19.6 Å². The number of nitrogens with zero attached hydrogens (tertiary/aromatic N) is 4. The van der Waals surface area contributed by atoms with E-state index in [0.717, 1.165) is 30.0 Å². The first-order valence-electron chi connectivity index (χ1n) is 12.9. The molecule has 1 aromatic carbocycles. The number of carbonyl (C=O) groups is 1. The number of imidazole rings is 1. The fourth-order valence-corrected chi connectivity index (χ4v) is 4.78. The summed E-state index contributed by atoms with van der Waals surface area (Å²) in [5.41, 5.74) is 4.28. The minimum absolute atomic E-state index is 0.235. The maximum absolute atomic E-state index is 13.0. The third kappa shape index (κ3) is 6.98. The average Bonchev–Trinajstić information content (AvgIpc) is 3.32. The Hall–Kier alpha value is -3.92. The number of allylic oxidation sites excluding steroid dienone is 2. The summed E-state index contributed by atoms with van der Waals surface area (Å²) in [7, 11) is 0. The van der Waals surface area contributed by atoms with Crippen LogP contribution in [0.1, 0.15) is 30.0 Å². The van der Waals surface area contributed by atoms with Gasteiger partial charge in [0.25, 0.3) is 5.91 Å². The Balaban J connectivity index is 1.30. The van der Waals surface area contributed by atoms with Gasteiger partial charge in [-0.25, -0.2) is 4.98 Å². The number of carbonyl (C=O) groups excluding carboxylic acids is 1. The minimum atomic E-state index is -4.71. The SMILES string of the molecule is C=C(/C=C\C(=C/C)N1CCN(c2ccc(OC(F)(F)F)cc2)CC1)CNC(=O)c1c(CC)nc2c(Cl)cccn12. The second kappa shape index (κ2) is 12.5. The summed E-state index contributed by atoms with van der Waals surface area (Å²) in [5, 5.41) is 3.41. The number of anilines is 1. The number of ether oxygens (including phenoxy) is 1. The third-order valence-corrected chi connectivity index (χ3v) is 6.86. The summed E-state index contributed by atoms with van der Waals surface area (Å²) < 4.78 is 42.9. The topological polar surface area (TPSA) is 62.1 Å². The van der Waals surface area contributed by atoms with Crippen molar-refractivity contribution in [3.05, 3.63) is 95.1 Å². The monoisotopic (exact) mass is 573 g/mol. The molecule has 1 aliphatic heterocycles. The van der Waals surface area contributed by atoms with Crippen LogP contribution in [0.4, 0.5) is 18.9 Å². The normalized spacial score (nSPS) is 14.7. The molecule has 0 bridgehead atoms. The van der Waals surface area contributed by atoms with Gasteiger partial charge in [-0.15, -0.1) is 13.2 Å². The number of aryl methyl sites for hydroxylation is 1. The van der Waals surface area contributed by atoms with Crippen molar-refractivity contribution in [1.29, 1.82) is 0 Å². The highest BCUT2D eigenvalue weighted by Gasteiger charge is 2.31. The largest absolute Gasteiger partial charge is 0.573 e. The molecule has 0 atom stereocenters. The predicted molar refractivity (Wildman–Crippen MR) is 151 cm³/mol. The molecule has 2 aromatic heterocycles. The van der Waals surface area contributed by atoms with E-state index in [1.165, 1.54) is 12.1 Å². The number of pyridine rings is 1. The van der Waals surface area contributed by atoms with Gasteiger partial charge in [0, 0.05) is 50.3 Å². The molecule has 0 saturated carbocycles. The molecule has 1 fully saturated rings. The lowest BCUT2D eigenvalue weighted by atomic mass is 10.2. The molecule has 7 nitrogen and oxygen atoms in total. The number of alkyl halides is 3. The van der Waals surface area contributed by atoms with Crippen LogP contribution in [0.3, 0.4) is 0 Å². The molecular weight excluding hydrogens is 543 g/mol. The van der Waals surface area contributed by atoms with Crippen LogP contribution in [0, 0.1) is 0 Å². The summed E-state index contributed by atoms with van der Waals surface area (Å²) in [6, 6.07) is 9.44. The van der Waals surface area contributed by atoms with Crippen molar-refractivity contribution < 1.29 is 22.7 Å². The van der Waals surface area contributed by atoms with Crippen LogP contribution < -0.4 is 15.0 Å². The maximum atomic E-state index is 13.0. The van der Waals surface area contributed by atoms with E-state index in [4.69, 9.17) is 11.6 Å². The number of aromatic nitrogens is 2. The van der Waals surface area contributed by atoms with Crippen LogP contribution >= 0.6 is 11.6 Å². The van der Waals surface area contributed by atoms with E-state index >= 15 is 0 Å². The first kappa shape index (κ1) is 29.1. The number of hydrogen-bond donors (Lipinski definition) is 1. The van der Waals surface area contributed by atoms with Crippen LogP contribution in [0.5, 0.6) is 5.75 Å². The Morgan fingerprint density at radius 2 is 1.85 bits per heavy atom. The fraction of sp³-hybridized carbons (Fsp3) is 0.310. The highest BCUT2D eigenvalue weighted by Crippen LogP contribution is 2.26. The average molecular weight is 574 g/mol. The van der Waals surface area contributed by atoms with E-state index in [1.54, 1.807) is 34.9 Å². The lowest BCUT2D eigenvalue weighted by Crippen LogP contribution is -2.45. The minimum Gasteiger partial charge on any atom is -0.406 e. The number of rotatable bonds is 9. The smallest absolute Gasteiger partial charge is 0.406 e. The Kier molecular flexibility index (Phi) is 9.09. The van der Waals surface area contributed by atoms with Gasteiger partial charge in [-0.3, -0.25) is 9.20 Å². The van der Waals surface area contributed by atoms with Crippen molar-refractivity contribution in [2.45, 2.75) is 26.6 Å². The molecule has 4 rings (SSSR count). The van der Waals surface area contributed by atoms with Crippen molar-refractivity contribution >= 4 is 28.8 Å². The van der Waals surface area contributed by atoms with Gasteiger partial charge >= 0.3 is 6.36 Å². The summed E-state index contributed by atoms with van der Waals surface area (Å²) in [5.74, 6) is -0.483. The number of halogens is 4. The molecule has 0 unspecified atom stereocenters. The van der Waals surface area contributed by atoms with Crippen molar-refractivity contribution in [2.75, 3.05) is 37.6 Å². The molecule has 1 aliphatic rings. The maximum Gasteiger partial charge on any atom is 0.573 e. The van der Waals surface area contributed by atoms with Crippen LogP contribution in [0.15, 0.2) is 78.7 Å². The van der Waals surface area contributed by atoms with Crippen LogP contribution in [0.2, 0.25) is 5.02 Å². The van der Waals surface area contributed by atoms with Crippen molar-refractivity contribution in [2.24, 2.45) is 0 Å². The molecule has 1 N–H and O–H groups in total. The molecule has 0 aliphatic carbocycles. The summed E-state index contributed by atoms with van der Waals surface area (Å²) >= 11 is 6.26. The van der Waals surface area contributed by atoms with Gasteiger partial charge in [0.2, 0.25) is 0 Å². The number of benzene rings is 1. The van der Waals surface area contributed by atoms with Gasteiger partial charge < -0.3 is 19.9 Å². The highest BCUT2D eigenvalue weighted by atomic mass is 35.5. The Bertz CT molecular complexity index is 1420. The van der Waals surface area contributed by atoms with E-state index in [-0.39, 0.29) is 18.2 Å². The van der Waals surface area contributed by atoms with E-state index in [1.807, 2.05) is 32.1 Å². The van der Waals surface area contributed by atoms with E-state index in [0.29, 0.717) is 41.6 Å². The predicted octanol–water partition coefficient (Wildman–Crippen LogP) is 6.02. The van der Waals surface area contributed by atoms with E-state index in [2.05, 4.69) is 31.4 Å². The zero-order chi connectivity index (χ0) is 28.9. The van der Waals surface area contributed by atoms with Gasteiger partial charge in [0.1, 0.15) is 11.4 Å². The lowest BCUT2D eigenvalue weighted by molar-refractivity contribution is -0.274. The molecule has 0 spiro atoms. The number of hydrogen-bond acceptors (Lipinski definition) is 5. The number of amides is 1. The summed E-state index contributed by atoms with van der Waals surface area (Å²) in [6.07, 6.45) is 3.52. The molecule has 40 heavy (non-hydrogen) atoms. The second-order valence-electron chi connectivity index (χ2n) is 9.21. The lowest BCUT2D eigenvalue weighted by Gasteiger charge is -2.38. The molecular formula is C29H31ClF3N5O2. The number of piperazine rings is 1. The molecule has 3 heterocycles. The van der Waals surface area contributed by atoms with Crippen molar-refractivity contribution in [3.63, 3.8) is 0 Å². The van der Waals surface area contributed by atoms with Crippen LogP contribution in [-0.4, -0.2) is 59.3 Å². The molecule has 11 heteroatoms. The quantitative estimate of drug-likeness (QED) is 0.317. The summed E-state index contributed by atoms with van der Waals surface area (Å²) in [4.78, 5) is 21.9. The van der Waals surface area contributed by atoms with E-state index < -0.39 is 6.36 Å². The number of nitrogens with one attached hydrogen (secondary N) is 1. The van der Waals surface area contributed by atoms with Crippen molar-refractivity contribution in [3.8, 4) is 5.75 Å². The van der Waals surface area contributed by atoms with Gasteiger partial charge in [-0.1, -0.05) is 37.3 Å². The zero-order valence-corrected chi connectivity index (χ0v) is 23.1. The molecule has 1 saturated heterocycles. The molecule has 1 amide bonds. The van der Waals surface area contributed by atoms with Gasteiger partial charge in [0.05, 0.1) is 10.7 Å². The first-order chi connectivity index (χ1) is 19.1. The Morgan fingerprint density at radius 1 is 1.15 bits per heavy atom. The highest BCUT2D eigenvalue weighted by molar-refractivity contribution is 6.33. The molecule has 212 valence electrons.